The number of para-hydroxylation sites is 1. The molecule has 1 aromatic carbocycles. The summed E-state index contributed by atoms with van der Waals surface area (Å²) in [6, 6.07) is 14.9. The van der Waals surface area contributed by atoms with Crippen molar-refractivity contribution in [1.82, 2.24) is 9.88 Å². The number of carbonyl (C=O) groups excluding carboxylic acids is 1. The summed E-state index contributed by atoms with van der Waals surface area (Å²) in [6.45, 7) is 5.65. The first-order chi connectivity index (χ1) is 13.4. The molecular weight excluding hydrogens is 390 g/mol. The van der Waals surface area contributed by atoms with E-state index >= 15 is 0 Å². The molecule has 0 spiro atoms. The van der Waals surface area contributed by atoms with E-state index in [0.717, 1.165) is 21.1 Å². The number of aryl methyl sites for hydroxylation is 1. The van der Waals surface area contributed by atoms with Crippen LogP contribution in [0.4, 0.5) is 0 Å². The average Bonchev–Trinajstić information content (AvgIpc) is 3.20. The maximum atomic E-state index is 13.2. The van der Waals surface area contributed by atoms with E-state index in [1.165, 1.54) is 4.57 Å². The van der Waals surface area contributed by atoms with Gasteiger partial charge in [-0.2, -0.15) is 5.26 Å². The van der Waals surface area contributed by atoms with Gasteiger partial charge in [-0.3, -0.25) is 14.2 Å². The van der Waals surface area contributed by atoms with Crippen LogP contribution >= 0.6 is 22.7 Å². The Balaban J connectivity index is 2.36. The highest BCUT2D eigenvalue weighted by Crippen LogP contribution is 2.15. The number of nitrogens with zero attached hydrogens (tertiary/aromatic N) is 2. The molecule has 0 unspecified atom stereocenters. The number of carbonyl (C=O) groups is 1. The molecule has 3 aromatic rings. The van der Waals surface area contributed by atoms with Crippen molar-refractivity contribution in [1.29, 1.82) is 5.26 Å². The lowest BCUT2D eigenvalue weighted by Gasteiger charge is -2.07. The van der Waals surface area contributed by atoms with Gasteiger partial charge >= 0.3 is 0 Å². The van der Waals surface area contributed by atoms with E-state index in [1.807, 2.05) is 63.2 Å². The third-order valence-electron chi connectivity index (χ3n) is 3.84. The maximum absolute atomic E-state index is 13.2. The molecule has 0 aliphatic rings. The van der Waals surface area contributed by atoms with E-state index in [2.05, 4.69) is 5.32 Å². The molecule has 0 radical (unpaired) electrons. The van der Waals surface area contributed by atoms with Gasteiger partial charge in [-0.25, -0.2) is 0 Å². The van der Waals surface area contributed by atoms with Crippen molar-refractivity contribution in [3.05, 3.63) is 71.8 Å². The summed E-state index contributed by atoms with van der Waals surface area (Å²) in [5, 5.41) is 12.4. The van der Waals surface area contributed by atoms with Crippen LogP contribution in [0.3, 0.4) is 0 Å². The maximum Gasteiger partial charge on any atom is 0.273 e. The second kappa shape index (κ2) is 8.38. The zero-order valence-electron chi connectivity index (χ0n) is 15.7. The molecule has 1 N–H and O–H groups in total. The number of aromatic nitrogens is 1. The molecule has 0 saturated carbocycles. The fourth-order valence-electron chi connectivity index (χ4n) is 2.65. The Hall–Kier alpha value is -2.95. The van der Waals surface area contributed by atoms with Gasteiger partial charge in [-0.15, -0.1) is 22.7 Å². The molecule has 0 saturated heterocycles. The molecule has 1 amide bonds. The third-order valence-corrected chi connectivity index (χ3v) is 5.89. The SMILES string of the molecule is Cc1ccc(/C=c2\s/c(=C(/C#N)C(=O)NC(C)C)n(-c3ccccc3)c2=O)s1. The van der Waals surface area contributed by atoms with E-state index in [9.17, 15) is 14.9 Å². The molecule has 0 bridgehead atoms. The fraction of sp³-hybridized carbons (Fsp3) is 0.190. The summed E-state index contributed by atoms with van der Waals surface area (Å²) in [5.74, 6) is -0.484. The van der Waals surface area contributed by atoms with E-state index in [-0.39, 0.29) is 17.2 Å². The Morgan fingerprint density at radius 3 is 2.46 bits per heavy atom. The van der Waals surface area contributed by atoms with Crippen LogP contribution < -0.4 is 20.1 Å². The fourth-order valence-corrected chi connectivity index (χ4v) is 4.64. The monoisotopic (exact) mass is 409 g/mol. The summed E-state index contributed by atoms with van der Waals surface area (Å²) in [7, 11) is 0. The number of hydrogen-bond donors (Lipinski definition) is 1. The van der Waals surface area contributed by atoms with Crippen LogP contribution in [0.2, 0.25) is 0 Å². The van der Waals surface area contributed by atoms with E-state index in [1.54, 1.807) is 23.5 Å². The smallest absolute Gasteiger partial charge is 0.273 e. The predicted octanol–water partition coefficient (Wildman–Crippen LogP) is 2.30. The number of rotatable bonds is 4. The summed E-state index contributed by atoms with van der Waals surface area (Å²) in [4.78, 5) is 27.8. The normalized spacial score (nSPS) is 12.8. The molecule has 3 rings (SSSR count). The van der Waals surface area contributed by atoms with E-state index in [0.29, 0.717) is 14.9 Å². The Kier molecular flexibility index (Phi) is 5.93. The standard InChI is InChI=1S/C21H19N3O2S2/c1-13(2)23-19(25)17(12-22)21-24(15-7-5-4-6-8-15)20(26)18(28-21)11-16-10-9-14(3)27-16/h4-11,13H,1-3H3,(H,23,25)/b18-11-,21-17-. The van der Waals surface area contributed by atoms with Crippen LogP contribution in [0, 0.1) is 18.3 Å². The zero-order chi connectivity index (χ0) is 20.3. The molecule has 0 aliphatic heterocycles. The van der Waals surface area contributed by atoms with Gasteiger partial charge in [0.05, 0.1) is 10.2 Å². The number of amides is 1. The van der Waals surface area contributed by atoms with Crippen molar-refractivity contribution in [2.45, 2.75) is 26.8 Å². The number of nitriles is 1. The average molecular weight is 410 g/mol. The highest BCUT2D eigenvalue weighted by Gasteiger charge is 2.17. The first-order valence-corrected chi connectivity index (χ1v) is 10.3. The molecule has 5 nitrogen and oxygen atoms in total. The van der Waals surface area contributed by atoms with Crippen molar-refractivity contribution >= 4 is 40.2 Å². The molecule has 142 valence electrons. The lowest BCUT2D eigenvalue weighted by atomic mass is 10.2. The minimum atomic E-state index is -0.484. The van der Waals surface area contributed by atoms with Crippen LogP contribution in [-0.2, 0) is 4.79 Å². The Labute approximate surface area is 170 Å². The summed E-state index contributed by atoms with van der Waals surface area (Å²) >= 11 is 2.74. The van der Waals surface area contributed by atoms with Gasteiger partial charge in [0.25, 0.3) is 11.5 Å². The quantitative estimate of drug-likeness (QED) is 0.718. The molecule has 0 atom stereocenters. The topological polar surface area (TPSA) is 74.9 Å². The van der Waals surface area contributed by atoms with Crippen molar-refractivity contribution in [3.8, 4) is 11.8 Å². The van der Waals surface area contributed by atoms with Crippen LogP contribution in [-0.4, -0.2) is 16.5 Å². The van der Waals surface area contributed by atoms with Gasteiger partial charge in [-0.1, -0.05) is 18.2 Å². The van der Waals surface area contributed by atoms with Crippen LogP contribution in [0.1, 0.15) is 23.6 Å². The van der Waals surface area contributed by atoms with Gasteiger partial charge < -0.3 is 5.32 Å². The Morgan fingerprint density at radius 2 is 1.89 bits per heavy atom. The van der Waals surface area contributed by atoms with Crippen molar-refractivity contribution in [3.63, 3.8) is 0 Å². The molecule has 28 heavy (non-hydrogen) atoms. The number of benzene rings is 1. The van der Waals surface area contributed by atoms with Crippen molar-refractivity contribution in [2.75, 3.05) is 0 Å². The second-order valence-electron chi connectivity index (χ2n) is 6.46. The Morgan fingerprint density at radius 1 is 1.18 bits per heavy atom. The van der Waals surface area contributed by atoms with Gasteiger partial charge in [0.1, 0.15) is 10.7 Å². The van der Waals surface area contributed by atoms with Crippen LogP contribution in [0.5, 0.6) is 0 Å². The molecule has 7 heteroatoms. The summed E-state index contributed by atoms with van der Waals surface area (Å²) in [6.07, 6.45) is 1.81. The minimum Gasteiger partial charge on any atom is -0.349 e. The van der Waals surface area contributed by atoms with Gasteiger partial charge in [0.2, 0.25) is 0 Å². The number of thiazole rings is 1. The summed E-state index contributed by atoms with van der Waals surface area (Å²) < 4.78 is 2.25. The third kappa shape index (κ3) is 4.14. The molecule has 2 heterocycles. The molecule has 0 fully saturated rings. The van der Waals surface area contributed by atoms with Gasteiger partial charge in [-0.05, 0) is 51.1 Å². The second-order valence-corrected chi connectivity index (χ2v) is 8.81. The first kappa shape index (κ1) is 19.8. The first-order valence-electron chi connectivity index (χ1n) is 8.71. The molecule has 0 aliphatic carbocycles. The lowest BCUT2D eigenvalue weighted by molar-refractivity contribution is -0.116. The number of thiophene rings is 1. The highest BCUT2D eigenvalue weighted by molar-refractivity contribution is 7.13. The Bertz CT molecular complexity index is 1230. The number of nitrogens with one attached hydrogen (secondary N) is 1. The van der Waals surface area contributed by atoms with Crippen molar-refractivity contribution in [2.24, 2.45) is 0 Å². The van der Waals surface area contributed by atoms with Gasteiger partial charge in [0.15, 0.2) is 5.57 Å². The number of hydrogen-bond acceptors (Lipinski definition) is 5. The molecular formula is C21H19N3O2S2. The minimum absolute atomic E-state index is 0.0679. The highest BCUT2D eigenvalue weighted by atomic mass is 32.1. The largest absolute Gasteiger partial charge is 0.349 e. The van der Waals surface area contributed by atoms with Crippen LogP contribution in [0.25, 0.3) is 17.3 Å². The van der Waals surface area contributed by atoms with Gasteiger partial charge in [0, 0.05) is 15.8 Å². The van der Waals surface area contributed by atoms with E-state index < -0.39 is 5.91 Å². The van der Waals surface area contributed by atoms with Crippen LogP contribution in [0.15, 0.2) is 47.3 Å². The zero-order valence-corrected chi connectivity index (χ0v) is 17.4. The molecule has 2 aromatic heterocycles. The van der Waals surface area contributed by atoms with E-state index in [4.69, 9.17) is 0 Å². The summed E-state index contributed by atoms with van der Waals surface area (Å²) in [5.41, 5.74) is 0.301. The lowest BCUT2D eigenvalue weighted by Crippen LogP contribution is -2.36. The van der Waals surface area contributed by atoms with Crippen molar-refractivity contribution < 1.29 is 4.79 Å². The predicted molar refractivity (Wildman–Crippen MR) is 114 cm³/mol.